The number of aliphatic hydroxyl groups is 1. The van der Waals surface area contributed by atoms with E-state index in [1.807, 2.05) is 0 Å². The first-order valence-electron chi connectivity index (χ1n) is 8.13. The number of carbonyl (C=O) groups excluding carboxylic acids is 1. The van der Waals surface area contributed by atoms with E-state index in [-0.39, 0.29) is 23.6 Å². The van der Waals surface area contributed by atoms with Crippen LogP contribution >= 0.6 is 11.6 Å². The van der Waals surface area contributed by atoms with Crippen molar-refractivity contribution in [2.75, 3.05) is 12.3 Å². The number of H-pyrrole nitrogens is 1. The summed E-state index contributed by atoms with van der Waals surface area (Å²) in [7, 11) is 0. The fourth-order valence-corrected chi connectivity index (χ4v) is 2.68. The van der Waals surface area contributed by atoms with Gasteiger partial charge in [-0.15, -0.1) is 0 Å². The molecule has 3 rings (SSSR count). The van der Waals surface area contributed by atoms with E-state index in [4.69, 9.17) is 22.7 Å². The number of halogens is 1. The van der Waals surface area contributed by atoms with Crippen LogP contribution in [-0.4, -0.2) is 43.8 Å². The van der Waals surface area contributed by atoms with Crippen LogP contribution in [0.3, 0.4) is 0 Å². The molecule has 1 amide bonds. The highest BCUT2D eigenvalue weighted by Gasteiger charge is 2.23. The summed E-state index contributed by atoms with van der Waals surface area (Å²) in [5, 5.41) is 20.9. The minimum atomic E-state index is -0.782. The number of hydrogen-bond donors (Lipinski definition) is 5. The van der Waals surface area contributed by atoms with Gasteiger partial charge in [0, 0.05) is 22.5 Å². The van der Waals surface area contributed by atoms with Crippen LogP contribution in [0, 0.1) is 5.41 Å². The molecule has 0 aliphatic carbocycles. The predicted octanol–water partition coefficient (Wildman–Crippen LogP) is 2.11. The van der Waals surface area contributed by atoms with Crippen molar-refractivity contribution in [1.29, 1.82) is 5.41 Å². The Labute approximate surface area is 160 Å². The van der Waals surface area contributed by atoms with Gasteiger partial charge in [0.25, 0.3) is 5.91 Å². The summed E-state index contributed by atoms with van der Waals surface area (Å²) in [6.07, 6.45) is 2.94. The van der Waals surface area contributed by atoms with Crippen molar-refractivity contribution in [2.45, 2.75) is 19.4 Å². The van der Waals surface area contributed by atoms with E-state index in [1.165, 1.54) is 12.4 Å². The van der Waals surface area contributed by atoms with E-state index in [9.17, 15) is 9.90 Å². The molecule has 0 bridgehead atoms. The Bertz CT molecular complexity index is 1040. The quantitative estimate of drug-likeness (QED) is 0.337. The number of nitrogen functional groups attached to an aromatic ring is 1. The van der Waals surface area contributed by atoms with Crippen molar-refractivity contribution in [3.8, 4) is 0 Å². The number of benzene rings is 1. The zero-order valence-electron chi connectivity index (χ0n) is 14.8. The number of nitrogens with zero attached hydrogens (tertiary/aromatic N) is 2. The number of nitrogens with two attached hydrogens (primary N) is 1. The molecule has 0 atom stereocenters. The lowest BCUT2D eigenvalue weighted by atomic mass is 10.1. The van der Waals surface area contributed by atoms with Crippen LogP contribution in [0.5, 0.6) is 0 Å². The highest BCUT2D eigenvalue weighted by Crippen LogP contribution is 2.22. The lowest BCUT2D eigenvalue weighted by Crippen LogP contribution is -2.46. The third-order valence-electron chi connectivity index (χ3n) is 4.01. The number of carbonyl (C=O) groups is 1. The fraction of sp³-hybridized carbons (Fsp3) is 0.222. The van der Waals surface area contributed by atoms with E-state index in [1.54, 1.807) is 32.0 Å². The minimum Gasteiger partial charge on any atom is -0.398 e. The molecule has 9 heteroatoms. The average Bonchev–Trinajstić information content (AvgIpc) is 3.04. The Morgan fingerprint density at radius 2 is 2.15 bits per heavy atom. The van der Waals surface area contributed by atoms with Crippen LogP contribution < -0.4 is 11.1 Å². The zero-order valence-corrected chi connectivity index (χ0v) is 15.6. The van der Waals surface area contributed by atoms with E-state index >= 15 is 0 Å². The Morgan fingerprint density at radius 3 is 2.81 bits per heavy atom. The highest BCUT2D eigenvalue weighted by molar-refractivity contribution is 6.31. The number of fused-ring (bicyclic) bond motifs is 1. The number of rotatable bonds is 5. The minimum absolute atomic E-state index is 0.0711. The molecule has 3 aromatic rings. The third kappa shape index (κ3) is 3.76. The van der Waals surface area contributed by atoms with Crippen LogP contribution in [-0.2, 0) is 0 Å². The van der Waals surface area contributed by atoms with Gasteiger partial charge in [-0.05, 0) is 32.0 Å². The molecule has 0 radical (unpaired) electrons. The third-order valence-corrected chi connectivity index (χ3v) is 4.25. The smallest absolute Gasteiger partial charge is 0.255 e. The monoisotopic (exact) mass is 386 g/mol. The van der Waals surface area contributed by atoms with Gasteiger partial charge in [0.1, 0.15) is 11.2 Å². The average molecular weight is 387 g/mol. The molecule has 0 spiro atoms. The number of amides is 1. The largest absolute Gasteiger partial charge is 0.398 e. The molecule has 0 aliphatic rings. The summed E-state index contributed by atoms with van der Waals surface area (Å²) in [5.74, 6) is -0.399. The van der Waals surface area contributed by atoms with Gasteiger partial charge in [0.2, 0.25) is 0 Å². The molecule has 0 saturated carbocycles. The van der Waals surface area contributed by atoms with Crippen molar-refractivity contribution < 1.29 is 9.90 Å². The standard InChI is InChI=1S/C18H19ClN6O2/c1-18(2,8-26)25-17(27)11-6-22-16-15(11)24-13(7-23-16)14(21)10-4-3-9(19)5-12(10)20/h3-7,21,26H,8,20H2,1-2H3,(H,22,23)(H,25,27). The molecule has 27 heavy (non-hydrogen) atoms. The number of aromatic nitrogens is 3. The van der Waals surface area contributed by atoms with Gasteiger partial charge in [-0.1, -0.05) is 11.6 Å². The number of nitrogens with one attached hydrogen (secondary N) is 3. The number of hydrogen-bond acceptors (Lipinski definition) is 6. The lowest BCUT2D eigenvalue weighted by molar-refractivity contribution is 0.0871. The number of anilines is 1. The van der Waals surface area contributed by atoms with Crippen LogP contribution in [0.15, 0.2) is 30.6 Å². The first-order chi connectivity index (χ1) is 12.7. The second-order valence-electron chi connectivity index (χ2n) is 6.76. The molecule has 6 N–H and O–H groups in total. The van der Waals surface area contributed by atoms with E-state index in [0.29, 0.717) is 27.4 Å². The SMILES string of the molecule is CC(C)(CO)NC(=O)c1c[nH]c2ncc(C(=N)c3ccc(Cl)cc3N)nc12. The Morgan fingerprint density at radius 1 is 1.41 bits per heavy atom. The van der Waals surface area contributed by atoms with E-state index < -0.39 is 11.4 Å². The molecule has 140 valence electrons. The first-order valence-corrected chi connectivity index (χ1v) is 8.51. The number of aliphatic hydroxyl groups excluding tert-OH is 1. The van der Waals surface area contributed by atoms with Gasteiger partial charge in [0.05, 0.1) is 29.6 Å². The van der Waals surface area contributed by atoms with Crippen molar-refractivity contribution in [2.24, 2.45) is 0 Å². The second kappa shape index (κ2) is 6.98. The van der Waals surface area contributed by atoms with E-state index in [2.05, 4.69) is 20.3 Å². The maximum absolute atomic E-state index is 12.5. The molecule has 8 nitrogen and oxygen atoms in total. The summed E-state index contributed by atoms with van der Waals surface area (Å²) < 4.78 is 0. The van der Waals surface area contributed by atoms with Gasteiger partial charge in [0.15, 0.2) is 5.65 Å². The van der Waals surface area contributed by atoms with Gasteiger partial charge in [-0.2, -0.15) is 0 Å². The molecule has 0 saturated heterocycles. The van der Waals surface area contributed by atoms with Gasteiger partial charge >= 0.3 is 0 Å². The van der Waals surface area contributed by atoms with E-state index in [0.717, 1.165) is 0 Å². The predicted molar refractivity (Wildman–Crippen MR) is 104 cm³/mol. The summed E-state index contributed by atoms with van der Waals surface area (Å²) in [5.41, 5.74) is 7.35. The summed E-state index contributed by atoms with van der Waals surface area (Å²) in [6, 6.07) is 4.84. The molecule has 1 aromatic carbocycles. The fourth-order valence-electron chi connectivity index (χ4n) is 2.50. The van der Waals surface area contributed by atoms with Crippen molar-refractivity contribution >= 4 is 40.1 Å². The van der Waals surface area contributed by atoms with Crippen LogP contribution in [0.1, 0.15) is 35.5 Å². The normalized spacial score (nSPS) is 11.6. The summed E-state index contributed by atoms with van der Waals surface area (Å²) in [4.78, 5) is 24.1. The highest BCUT2D eigenvalue weighted by atomic mass is 35.5. The van der Waals surface area contributed by atoms with Gasteiger partial charge < -0.3 is 21.1 Å². The topological polar surface area (TPSA) is 141 Å². The molecule has 2 heterocycles. The van der Waals surface area contributed by atoms with Crippen LogP contribution in [0.25, 0.3) is 11.2 Å². The number of aromatic amines is 1. The molecular formula is C18H19ClN6O2. The Balaban J connectivity index is 2.00. The second-order valence-corrected chi connectivity index (χ2v) is 7.19. The molecule has 2 aromatic heterocycles. The molecular weight excluding hydrogens is 368 g/mol. The summed E-state index contributed by atoms with van der Waals surface area (Å²) in [6.45, 7) is 3.20. The van der Waals surface area contributed by atoms with Gasteiger partial charge in [-0.3, -0.25) is 10.2 Å². The van der Waals surface area contributed by atoms with Crippen molar-refractivity contribution in [1.82, 2.24) is 20.3 Å². The molecule has 0 aliphatic heterocycles. The Kier molecular flexibility index (Phi) is 4.86. The van der Waals surface area contributed by atoms with Gasteiger partial charge in [-0.25, -0.2) is 9.97 Å². The molecule has 0 unspecified atom stereocenters. The first kappa shape index (κ1) is 18.8. The van der Waals surface area contributed by atoms with Crippen molar-refractivity contribution in [3.05, 3.63) is 52.4 Å². The molecule has 0 fully saturated rings. The maximum Gasteiger partial charge on any atom is 0.255 e. The summed E-state index contributed by atoms with van der Waals surface area (Å²) >= 11 is 5.91. The zero-order chi connectivity index (χ0) is 19.8. The maximum atomic E-state index is 12.5. The van der Waals surface area contributed by atoms with Crippen molar-refractivity contribution in [3.63, 3.8) is 0 Å². The van der Waals surface area contributed by atoms with Crippen LogP contribution in [0.4, 0.5) is 5.69 Å². The van der Waals surface area contributed by atoms with Crippen LogP contribution in [0.2, 0.25) is 5.02 Å². The Hall–Kier alpha value is -2.97. The lowest BCUT2D eigenvalue weighted by Gasteiger charge is -2.23.